The molecular formula is C10H21NO. The molecule has 0 spiro atoms. The highest BCUT2D eigenvalue weighted by atomic mass is 16.5. The van der Waals surface area contributed by atoms with Gasteiger partial charge in [-0.25, -0.2) is 0 Å². The summed E-state index contributed by atoms with van der Waals surface area (Å²) in [7, 11) is 1.76. The van der Waals surface area contributed by atoms with E-state index in [1.807, 2.05) is 0 Å². The maximum Gasteiger partial charge on any atom is 0.0474 e. The molecule has 0 aromatic rings. The first-order chi connectivity index (χ1) is 5.84. The molecule has 2 atom stereocenters. The molecule has 0 aromatic carbocycles. The summed E-state index contributed by atoms with van der Waals surface area (Å²) in [6, 6.07) is 0.779. The lowest BCUT2D eigenvalue weighted by molar-refractivity contribution is 0.192. The third-order valence-corrected chi connectivity index (χ3v) is 2.79. The van der Waals surface area contributed by atoms with E-state index in [9.17, 15) is 0 Å². The highest BCUT2D eigenvalue weighted by Crippen LogP contribution is 2.24. The normalized spacial score (nSPS) is 29.5. The van der Waals surface area contributed by atoms with Crippen LogP contribution in [0.3, 0.4) is 0 Å². The topological polar surface area (TPSA) is 21.3 Å². The van der Waals surface area contributed by atoms with Crippen LogP contribution < -0.4 is 5.32 Å². The van der Waals surface area contributed by atoms with Gasteiger partial charge in [-0.1, -0.05) is 13.3 Å². The van der Waals surface area contributed by atoms with Gasteiger partial charge >= 0.3 is 0 Å². The monoisotopic (exact) mass is 171 g/mol. The summed E-state index contributed by atoms with van der Waals surface area (Å²) >= 11 is 0. The van der Waals surface area contributed by atoms with Gasteiger partial charge in [0.05, 0.1) is 0 Å². The van der Waals surface area contributed by atoms with Crippen LogP contribution in [0.2, 0.25) is 0 Å². The first kappa shape index (κ1) is 10.0. The Labute approximate surface area is 75.7 Å². The Kier molecular flexibility index (Phi) is 4.62. The van der Waals surface area contributed by atoms with Crippen LogP contribution in [0.25, 0.3) is 0 Å². The van der Waals surface area contributed by atoms with Crippen molar-refractivity contribution in [2.24, 2.45) is 5.92 Å². The van der Waals surface area contributed by atoms with Crippen molar-refractivity contribution < 1.29 is 4.74 Å². The van der Waals surface area contributed by atoms with Gasteiger partial charge in [-0.2, -0.15) is 0 Å². The van der Waals surface area contributed by atoms with Crippen molar-refractivity contribution in [2.45, 2.75) is 38.6 Å². The van der Waals surface area contributed by atoms with Crippen molar-refractivity contribution in [3.05, 3.63) is 0 Å². The van der Waals surface area contributed by atoms with Crippen LogP contribution in [-0.2, 0) is 4.74 Å². The molecule has 0 amide bonds. The molecule has 0 unspecified atom stereocenters. The Balaban J connectivity index is 1.98. The summed E-state index contributed by atoms with van der Waals surface area (Å²) < 4.78 is 4.99. The van der Waals surface area contributed by atoms with Crippen LogP contribution in [0.1, 0.15) is 32.6 Å². The van der Waals surface area contributed by atoms with E-state index in [0.717, 1.165) is 31.5 Å². The molecule has 0 aromatic heterocycles. The van der Waals surface area contributed by atoms with Crippen molar-refractivity contribution in [2.75, 3.05) is 20.3 Å². The fourth-order valence-corrected chi connectivity index (χ4v) is 1.95. The van der Waals surface area contributed by atoms with Gasteiger partial charge in [-0.05, 0) is 31.7 Å². The van der Waals surface area contributed by atoms with Crippen molar-refractivity contribution in [1.82, 2.24) is 5.32 Å². The molecule has 1 fully saturated rings. The van der Waals surface area contributed by atoms with E-state index in [4.69, 9.17) is 4.74 Å². The van der Waals surface area contributed by atoms with Crippen molar-refractivity contribution in [3.63, 3.8) is 0 Å². The van der Waals surface area contributed by atoms with E-state index >= 15 is 0 Å². The average molecular weight is 171 g/mol. The maximum absolute atomic E-state index is 4.99. The quantitative estimate of drug-likeness (QED) is 0.637. The lowest BCUT2D eigenvalue weighted by Gasteiger charge is -2.16. The Hall–Kier alpha value is -0.0800. The van der Waals surface area contributed by atoms with Crippen molar-refractivity contribution in [1.29, 1.82) is 0 Å². The Morgan fingerprint density at radius 3 is 2.83 bits per heavy atom. The van der Waals surface area contributed by atoms with Gasteiger partial charge in [0.2, 0.25) is 0 Å². The van der Waals surface area contributed by atoms with Gasteiger partial charge in [-0.3, -0.25) is 0 Å². The predicted molar refractivity (Wildman–Crippen MR) is 51.3 cm³/mol. The predicted octanol–water partition coefficient (Wildman–Crippen LogP) is 1.80. The minimum absolute atomic E-state index is 0.779. The van der Waals surface area contributed by atoms with Gasteiger partial charge in [-0.15, -0.1) is 0 Å². The molecule has 72 valence electrons. The molecular weight excluding hydrogens is 150 g/mol. The van der Waals surface area contributed by atoms with Gasteiger partial charge < -0.3 is 10.1 Å². The summed E-state index contributed by atoms with van der Waals surface area (Å²) in [5.41, 5.74) is 0. The second-order valence-electron chi connectivity index (χ2n) is 3.82. The third kappa shape index (κ3) is 3.11. The van der Waals surface area contributed by atoms with Crippen molar-refractivity contribution >= 4 is 0 Å². The van der Waals surface area contributed by atoms with E-state index in [1.54, 1.807) is 7.11 Å². The summed E-state index contributed by atoms with van der Waals surface area (Å²) in [6.07, 6.45) is 5.32. The number of methoxy groups -OCH3 is 1. The molecule has 0 aliphatic heterocycles. The largest absolute Gasteiger partial charge is 0.385 e. The SMILES string of the molecule is COCCCN[C@H]1CCC[C@H]1C. The zero-order valence-corrected chi connectivity index (χ0v) is 8.31. The average Bonchev–Trinajstić information content (AvgIpc) is 2.46. The van der Waals surface area contributed by atoms with Crippen LogP contribution in [0.5, 0.6) is 0 Å². The molecule has 0 saturated heterocycles. The standard InChI is InChI=1S/C10H21NO/c1-9-5-3-6-10(9)11-7-4-8-12-2/h9-11H,3-8H2,1-2H3/t9-,10+/m1/s1. The zero-order valence-electron chi connectivity index (χ0n) is 8.31. The maximum atomic E-state index is 4.99. The number of hydrogen-bond donors (Lipinski definition) is 1. The first-order valence-electron chi connectivity index (χ1n) is 5.07. The number of nitrogens with one attached hydrogen (secondary N) is 1. The van der Waals surface area contributed by atoms with E-state index in [2.05, 4.69) is 12.2 Å². The number of hydrogen-bond acceptors (Lipinski definition) is 2. The van der Waals surface area contributed by atoms with E-state index in [0.29, 0.717) is 0 Å². The molecule has 0 heterocycles. The van der Waals surface area contributed by atoms with Crippen LogP contribution in [0.15, 0.2) is 0 Å². The third-order valence-electron chi connectivity index (χ3n) is 2.79. The molecule has 1 aliphatic carbocycles. The van der Waals surface area contributed by atoms with Crippen LogP contribution in [0, 0.1) is 5.92 Å². The molecule has 1 N–H and O–H groups in total. The van der Waals surface area contributed by atoms with E-state index in [-0.39, 0.29) is 0 Å². The van der Waals surface area contributed by atoms with Crippen LogP contribution >= 0.6 is 0 Å². The Bertz CT molecular complexity index is 116. The molecule has 0 bridgehead atoms. The van der Waals surface area contributed by atoms with E-state index < -0.39 is 0 Å². The van der Waals surface area contributed by atoms with E-state index in [1.165, 1.54) is 19.3 Å². The lowest BCUT2D eigenvalue weighted by atomic mass is 10.1. The molecule has 2 heteroatoms. The van der Waals surface area contributed by atoms with Crippen molar-refractivity contribution in [3.8, 4) is 0 Å². The van der Waals surface area contributed by atoms with Gasteiger partial charge in [0, 0.05) is 19.8 Å². The minimum atomic E-state index is 0.779. The molecule has 2 nitrogen and oxygen atoms in total. The van der Waals surface area contributed by atoms with Gasteiger partial charge in [0.25, 0.3) is 0 Å². The zero-order chi connectivity index (χ0) is 8.81. The molecule has 1 saturated carbocycles. The summed E-state index contributed by atoms with van der Waals surface area (Å²) in [5.74, 6) is 0.882. The van der Waals surface area contributed by atoms with Crippen LogP contribution in [0.4, 0.5) is 0 Å². The fraction of sp³-hybridized carbons (Fsp3) is 1.00. The second-order valence-corrected chi connectivity index (χ2v) is 3.82. The molecule has 1 rings (SSSR count). The highest BCUT2D eigenvalue weighted by molar-refractivity contribution is 4.79. The fourth-order valence-electron chi connectivity index (χ4n) is 1.95. The van der Waals surface area contributed by atoms with Gasteiger partial charge in [0.15, 0.2) is 0 Å². The summed E-state index contributed by atoms with van der Waals surface area (Å²) in [5, 5.41) is 3.59. The lowest BCUT2D eigenvalue weighted by Crippen LogP contribution is -2.32. The molecule has 12 heavy (non-hydrogen) atoms. The minimum Gasteiger partial charge on any atom is -0.385 e. The molecule has 0 radical (unpaired) electrons. The number of rotatable bonds is 5. The Morgan fingerprint density at radius 2 is 2.25 bits per heavy atom. The summed E-state index contributed by atoms with van der Waals surface area (Å²) in [6.45, 7) is 4.35. The van der Waals surface area contributed by atoms with Crippen LogP contribution in [-0.4, -0.2) is 26.3 Å². The summed E-state index contributed by atoms with van der Waals surface area (Å²) in [4.78, 5) is 0. The first-order valence-corrected chi connectivity index (χ1v) is 5.07. The smallest absolute Gasteiger partial charge is 0.0474 e. The number of ether oxygens (including phenoxy) is 1. The second kappa shape index (κ2) is 5.55. The molecule has 1 aliphatic rings. The van der Waals surface area contributed by atoms with Gasteiger partial charge in [0.1, 0.15) is 0 Å². The Morgan fingerprint density at radius 1 is 1.42 bits per heavy atom. The highest BCUT2D eigenvalue weighted by Gasteiger charge is 2.21.